The van der Waals surface area contributed by atoms with Crippen LogP contribution in [0.3, 0.4) is 0 Å². The van der Waals surface area contributed by atoms with Gasteiger partial charge in [0.05, 0.1) is 18.5 Å². The number of aromatic carboxylic acids is 1. The average Bonchev–Trinajstić information content (AvgIpc) is 3.01. The molecule has 0 saturated carbocycles. The van der Waals surface area contributed by atoms with Gasteiger partial charge in [0, 0.05) is 5.56 Å². The molecule has 1 N–H and O–H groups in total. The Morgan fingerprint density at radius 3 is 2.55 bits per heavy atom. The van der Waals surface area contributed by atoms with Gasteiger partial charge in [0.25, 0.3) is 0 Å². The van der Waals surface area contributed by atoms with Gasteiger partial charge < -0.3 is 9.84 Å². The second kappa shape index (κ2) is 5.73. The molecule has 0 atom stereocenters. The summed E-state index contributed by atoms with van der Waals surface area (Å²) in [5.74, 6) is -0.353. The molecular weight excluding hydrogens is 280 g/mol. The maximum atomic E-state index is 11.3. The number of aromatic nitrogens is 2. The second-order valence-electron chi connectivity index (χ2n) is 4.70. The van der Waals surface area contributed by atoms with Crippen LogP contribution in [0.2, 0.25) is 0 Å². The van der Waals surface area contributed by atoms with Crippen molar-refractivity contribution in [1.29, 1.82) is 0 Å². The Bertz CT molecular complexity index is 810. The molecule has 1 heterocycles. The molecule has 0 fully saturated rings. The summed E-state index contributed by atoms with van der Waals surface area (Å²) in [6.45, 7) is 0. The highest BCUT2D eigenvalue weighted by Crippen LogP contribution is 2.27. The van der Waals surface area contributed by atoms with Crippen LogP contribution in [0.1, 0.15) is 10.5 Å². The molecular formula is C17H14N2O3. The number of carboxylic acid groups (broad SMARTS) is 1. The van der Waals surface area contributed by atoms with Crippen LogP contribution in [0.15, 0.2) is 60.7 Å². The molecule has 0 bridgehead atoms. The lowest BCUT2D eigenvalue weighted by molar-refractivity contribution is 0.0690. The molecule has 0 amide bonds. The predicted molar refractivity (Wildman–Crippen MR) is 82.5 cm³/mol. The maximum absolute atomic E-state index is 11.3. The summed E-state index contributed by atoms with van der Waals surface area (Å²) in [6, 6.07) is 18.4. The molecule has 0 spiro atoms. The first-order chi connectivity index (χ1) is 10.7. The van der Waals surface area contributed by atoms with Crippen LogP contribution in [-0.4, -0.2) is 28.0 Å². The van der Waals surface area contributed by atoms with E-state index in [0.717, 1.165) is 11.3 Å². The van der Waals surface area contributed by atoms with E-state index in [1.807, 2.05) is 54.6 Å². The van der Waals surface area contributed by atoms with E-state index in [0.29, 0.717) is 11.4 Å². The molecule has 3 aromatic rings. The van der Waals surface area contributed by atoms with Gasteiger partial charge in [-0.2, -0.15) is 5.10 Å². The van der Waals surface area contributed by atoms with Crippen molar-refractivity contribution in [3.63, 3.8) is 0 Å². The minimum absolute atomic E-state index is 0.00155. The molecule has 3 rings (SSSR count). The van der Waals surface area contributed by atoms with E-state index in [1.54, 1.807) is 17.9 Å². The fourth-order valence-electron chi connectivity index (χ4n) is 2.24. The van der Waals surface area contributed by atoms with E-state index in [-0.39, 0.29) is 5.69 Å². The fourth-order valence-corrected chi connectivity index (χ4v) is 2.24. The topological polar surface area (TPSA) is 64.3 Å². The van der Waals surface area contributed by atoms with E-state index in [9.17, 15) is 9.90 Å². The summed E-state index contributed by atoms with van der Waals surface area (Å²) < 4.78 is 6.85. The van der Waals surface area contributed by atoms with Crippen molar-refractivity contribution < 1.29 is 14.6 Å². The largest absolute Gasteiger partial charge is 0.497 e. The van der Waals surface area contributed by atoms with Gasteiger partial charge in [0.2, 0.25) is 0 Å². The van der Waals surface area contributed by atoms with Crippen LogP contribution in [0.25, 0.3) is 16.9 Å². The minimum Gasteiger partial charge on any atom is -0.497 e. The fraction of sp³-hybridized carbons (Fsp3) is 0.0588. The SMILES string of the molecule is COc1cccc(-c2cc(C(=O)O)nn2-c2ccccc2)c1. The van der Waals surface area contributed by atoms with Crippen molar-refractivity contribution >= 4 is 5.97 Å². The van der Waals surface area contributed by atoms with Crippen LogP contribution in [0.5, 0.6) is 5.75 Å². The molecule has 0 saturated heterocycles. The third-order valence-corrected chi connectivity index (χ3v) is 3.29. The quantitative estimate of drug-likeness (QED) is 0.802. The van der Waals surface area contributed by atoms with Gasteiger partial charge in [-0.15, -0.1) is 0 Å². The Morgan fingerprint density at radius 1 is 1.09 bits per heavy atom. The molecule has 1 aromatic heterocycles. The third-order valence-electron chi connectivity index (χ3n) is 3.29. The molecule has 5 heteroatoms. The van der Waals surface area contributed by atoms with Gasteiger partial charge in [-0.05, 0) is 30.3 Å². The predicted octanol–water partition coefficient (Wildman–Crippen LogP) is 3.25. The lowest BCUT2D eigenvalue weighted by Crippen LogP contribution is -2.02. The summed E-state index contributed by atoms with van der Waals surface area (Å²) >= 11 is 0. The molecule has 110 valence electrons. The van der Waals surface area contributed by atoms with E-state index in [2.05, 4.69) is 5.10 Å². The second-order valence-corrected chi connectivity index (χ2v) is 4.70. The monoisotopic (exact) mass is 294 g/mol. The average molecular weight is 294 g/mol. The number of para-hydroxylation sites is 1. The van der Waals surface area contributed by atoms with Crippen molar-refractivity contribution in [1.82, 2.24) is 9.78 Å². The van der Waals surface area contributed by atoms with Gasteiger partial charge in [0.1, 0.15) is 5.75 Å². The smallest absolute Gasteiger partial charge is 0.356 e. The molecule has 0 aliphatic carbocycles. The number of nitrogens with zero attached hydrogens (tertiary/aromatic N) is 2. The standard InChI is InChI=1S/C17H14N2O3/c1-22-14-9-5-6-12(10-14)16-11-15(17(20)21)18-19(16)13-7-3-2-4-8-13/h2-11H,1H3,(H,20,21). The number of ether oxygens (including phenoxy) is 1. The zero-order valence-corrected chi connectivity index (χ0v) is 11.9. The molecule has 5 nitrogen and oxygen atoms in total. The third kappa shape index (κ3) is 2.56. The van der Waals surface area contributed by atoms with Gasteiger partial charge in [-0.1, -0.05) is 30.3 Å². The van der Waals surface area contributed by atoms with Crippen molar-refractivity contribution in [3.05, 3.63) is 66.4 Å². The molecule has 22 heavy (non-hydrogen) atoms. The summed E-state index contributed by atoms with van der Waals surface area (Å²) in [7, 11) is 1.59. The Balaban J connectivity index is 2.19. The lowest BCUT2D eigenvalue weighted by atomic mass is 10.1. The molecule has 2 aromatic carbocycles. The summed E-state index contributed by atoms with van der Waals surface area (Å²) in [5.41, 5.74) is 2.33. The number of carboxylic acids is 1. The maximum Gasteiger partial charge on any atom is 0.356 e. The number of carbonyl (C=O) groups is 1. The van der Waals surface area contributed by atoms with Crippen LogP contribution in [-0.2, 0) is 0 Å². The normalized spacial score (nSPS) is 10.4. The number of methoxy groups -OCH3 is 1. The van der Waals surface area contributed by atoms with E-state index in [4.69, 9.17) is 4.74 Å². The highest BCUT2D eigenvalue weighted by Gasteiger charge is 2.16. The van der Waals surface area contributed by atoms with Crippen molar-refractivity contribution in [2.45, 2.75) is 0 Å². The summed E-state index contributed by atoms with van der Waals surface area (Å²) in [4.78, 5) is 11.3. The first-order valence-electron chi connectivity index (χ1n) is 6.72. The summed E-state index contributed by atoms with van der Waals surface area (Å²) in [5, 5.41) is 13.4. The highest BCUT2D eigenvalue weighted by molar-refractivity contribution is 5.87. The van der Waals surface area contributed by atoms with Crippen LogP contribution < -0.4 is 4.74 Å². The van der Waals surface area contributed by atoms with Gasteiger partial charge >= 0.3 is 5.97 Å². The van der Waals surface area contributed by atoms with Gasteiger partial charge in [-0.25, -0.2) is 9.48 Å². The highest BCUT2D eigenvalue weighted by atomic mass is 16.5. The van der Waals surface area contributed by atoms with Crippen LogP contribution in [0, 0.1) is 0 Å². The van der Waals surface area contributed by atoms with E-state index < -0.39 is 5.97 Å². The van der Waals surface area contributed by atoms with Gasteiger partial charge in [0.15, 0.2) is 5.69 Å². The molecule has 0 unspecified atom stereocenters. The zero-order chi connectivity index (χ0) is 15.5. The Kier molecular flexibility index (Phi) is 3.62. The van der Waals surface area contributed by atoms with Crippen LogP contribution in [0.4, 0.5) is 0 Å². The Labute approximate surface area is 127 Å². The Morgan fingerprint density at radius 2 is 1.86 bits per heavy atom. The Hall–Kier alpha value is -3.08. The molecule has 0 aliphatic heterocycles. The van der Waals surface area contributed by atoms with Gasteiger partial charge in [-0.3, -0.25) is 0 Å². The number of rotatable bonds is 4. The first-order valence-corrected chi connectivity index (χ1v) is 6.72. The number of benzene rings is 2. The van der Waals surface area contributed by atoms with Crippen molar-refractivity contribution in [2.75, 3.05) is 7.11 Å². The lowest BCUT2D eigenvalue weighted by Gasteiger charge is -2.08. The zero-order valence-electron chi connectivity index (χ0n) is 11.9. The van der Waals surface area contributed by atoms with E-state index >= 15 is 0 Å². The molecule has 0 aliphatic rings. The van der Waals surface area contributed by atoms with Crippen molar-refractivity contribution in [3.8, 4) is 22.7 Å². The van der Waals surface area contributed by atoms with E-state index in [1.165, 1.54) is 0 Å². The minimum atomic E-state index is -1.06. The number of hydrogen-bond donors (Lipinski definition) is 1. The number of hydrogen-bond acceptors (Lipinski definition) is 3. The van der Waals surface area contributed by atoms with Crippen molar-refractivity contribution in [2.24, 2.45) is 0 Å². The molecule has 0 radical (unpaired) electrons. The summed E-state index contributed by atoms with van der Waals surface area (Å²) in [6.07, 6.45) is 0. The van der Waals surface area contributed by atoms with Crippen LogP contribution >= 0.6 is 0 Å². The first kappa shape index (κ1) is 13.9.